The van der Waals surface area contributed by atoms with E-state index in [-0.39, 0.29) is 12.4 Å². The van der Waals surface area contributed by atoms with Crippen molar-refractivity contribution in [2.75, 3.05) is 11.9 Å². The van der Waals surface area contributed by atoms with Crippen LogP contribution in [0.25, 0.3) is 0 Å². The van der Waals surface area contributed by atoms with E-state index in [1.807, 2.05) is 13.1 Å². The van der Waals surface area contributed by atoms with E-state index in [1.165, 1.54) is 12.1 Å². The highest BCUT2D eigenvalue weighted by Crippen LogP contribution is 2.17. The highest BCUT2D eigenvalue weighted by Gasteiger charge is 2.09. The van der Waals surface area contributed by atoms with Crippen molar-refractivity contribution in [3.05, 3.63) is 17.7 Å². The fourth-order valence-corrected chi connectivity index (χ4v) is 1.33. The van der Waals surface area contributed by atoms with Crippen LogP contribution in [-0.4, -0.2) is 16.5 Å². The van der Waals surface area contributed by atoms with Crippen molar-refractivity contribution in [1.29, 1.82) is 0 Å². The first-order valence-corrected chi connectivity index (χ1v) is 3.92. The average molecular weight is 186 g/mol. The molecule has 0 atom stereocenters. The van der Waals surface area contributed by atoms with Gasteiger partial charge in [-0.25, -0.2) is 9.97 Å². The van der Waals surface area contributed by atoms with Gasteiger partial charge >= 0.3 is 0 Å². The predicted molar refractivity (Wildman–Crippen MR) is 50.8 cm³/mol. The second kappa shape index (κ2) is 3.72. The molecule has 4 heteroatoms. The van der Waals surface area contributed by atoms with Gasteiger partial charge in [-0.15, -0.1) is 12.4 Å². The number of nitrogens with one attached hydrogen (secondary N) is 1. The Labute approximate surface area is 78.0 Å². The van der Waals surface area contributed by atoms with Gasteiger partial charge in [0.1, 0.15) is 5.82 Å². The highest BCUT2D eigenvalue weighted by molar-refractivity contribution is 5.85. The van der Waals surface area contributed by atoms with Gasteiger partial charge in [-0.05, 0) is 19.8 Å². The van der Waals surface area contributed by atoms with E-state index < -0.39 is 0 Å². The summed E-state index contributed by atoms with van der Waals surface area (Å²) in [6, 6.07) is 0. The zero-order valence-corrected chi connectivity index (χ0v) is 7.82. The van der Waals surface area contributed by atoms with Crippen LogP contribution in [0.1, 0.15) is 17.9 Å². The van der Waals surface area contributed by atoms with Gasteiger partial charge in [0.25, 0.3) is 0 Å². The first-order valence-electron chi connectivity index (χ1n) is 3.92. The Morgan fingerprint density at radius 1 is 1.50 bits per heavy atom. The molecule has 3 nitrogen and oxygen atoms in total. The minimum atomic E-state index is 0. The van der Waals surface area contributed by atoms with E-state index >= 15 is 0 Å². The lowest BCUT2D eigenvalue weighted by Gasteiger charge is -2.15. The van der Waals surface area contributed by atoms with E-state index in [0.717, 1.165) is 24.5 Å². The maximum Gasteiger partial charge on any atom is 0.125 e. The Balaban J connectivity index is 0.000000720. The molecule has 0 aromatic carbocycles. The van der Waals surface area contributed by atoms with Crippen LogP contribution in [0.3, 0.4) is 0 Å². The van der Waals surface area contributed by atoms with E-state index in [9.17, 15) is 0 Å². The molecule has 1 N–H and O–H groups in total. The third-order valence-corrected chi connectivity index (χ3v) is 1.89. The van der Waals surface area contributed by atoms with Gasteiger partial charge in [-0.1, -0.05) is 0 Å². The molecule has 66 valence electrons. The van der Waals surface area contributed by atoms with E-state index in [4.69, 9.17) is 0 Å². The van der Waals surface area contributed by atoms with E-state index in [1.54, 1.807) is 0 Å². The number of hydrogen-bond donors (Lipinski definition) is 1. The topological polar surface area (TPSA) is 37.8 Å². The summed E-state index contributed by atoms with van der Waals surface area (Å²) in [5.41, 5.74) is 2.28. The first-order chi connectivity index (χ1) is 5.36. The van der Waals surface area contributed by atoms with Crippen LogP contribution in [0.5, 0.6) is 0 Å². The molecule has 0 bridgehead atoms. The quantitative estimate of drug-likeness (QED) is 0.667. The second-order valence-corrected chi connectivity index (χ2v) is 2.81. The Bertz CT molecular complexity index is 275. The van der Waals surface area contributed by atoms with Crippen molar-refractivity contribution in [1.82, 2.24) is 9.97 Å². The van der Waals surface area contributed by atoms with E-state index in [2.05, 4.69) is 15.3 Å². The van der Waals surface area contributed by atoms with Gasteiger partial charge in [-0.2, -0.15) is 0 Å². The monoisotopic (exact) mass is 185 g/mol. The molecule has 2 rings (SSSR count). The van der Waals surface area contributed by atoms with Crippen molar-refractivity contribution >= 4 is 18.1 Å². The summed E-state index contributed by atoms with van der Waals surface area (Å²) in [6.45, 7) is 2.98. The van der Waals surface area contributed by atoms with Crippen LogP contribution in [0, 0.1) is 6.92 Å². The van der Waals surface area contributed by atoms with Crippen LogP contribution < -0.4 is 5.32 Å². The van der Waals surface area contributed by atoms with Crippen molar-refractivity contribution in [2.24, 2.45) is 0 Å². The number of halogens is 1. The van der Waals surface area contributed by atoms with Gasteiger partial charge in [0.15, 0.2) is 0 Å². The maximum atomic E-state index is 4.34. The molecular weight excluding hydrogens is 174 g/mol. The number of fused-ring (bicyclic) bond motifs is 1. The molecule has 0 radical (unpaired) electrons. The van der Waals surface area contributed by atoms with Crippen LogP contribution in [0.4, 0.5) is 5.69 Å². The van der Waals surface area contributed by atoms with Gasteiger partial charge in [0.2, 0.25) is 0 Å². The average Bonchev–Trinajstić information content (AvgIpc) is 2.04. The first kappa shape index (κ1) is 9.26. The third kappa shape index (κ3) is 1.67. The number of aryl methyl sites for hydroxylation is 2. The van der Waals surface area contributed by atoms with E-state index in [0.29, 0.717) is 0 Å². The molecule has 0 saturated heterocycles. The summed E-state index contributed by atoms with van der Waals surface area (Å²) < 4.78 is 0. The van der Waals surface area contributed by atoms with Crippen molar-refractivity contribution in [3.8, 4) is 0 Å². The summed E-state index contributed by atoms with van der Waals surface area (Å²) in [5.74, 6) is 0.868. The zero-order valence-electron chi connectivity index (χ0n) is 7.00. The Hall–Kier alpha value is -0.830. The Kier molecular flexibility index (Phi) is 2.87. The number of nitrogens with zero attached hydrogens (tertiary/aromatic N) is 2. The number of aromatic nitrogens is 2. The normalized spacial score (nSPS) is 14.1. The molecule has 0 spiro atoms. The van der Waals surface area contributed by atoms with Crippen LogP contribution in [-0.2, 0) is 6.42 Å². The zero-order chi connectivity index (χ0) is 7.68. The van der Waals surface area contributed by atoms with Crippen molar-refractivity contribution in [3.63, 3.8) is 0 Å². The lowest BCUT2D eigenvalue weighted by molar-refractivity contribution is 0.785. The minimum absolute atomic E-state index is 0. The lowest BCUT2D eigenvalue weighted by Crippen LogP contribution is -2.14. The van der Waals surface area contributed by atoms with Gasteiger partial charge < -0.3 is 5.32 Å². The molecule has 2 heterocycles. The molecule has 0 fully saturated rings. The van der Waals surface area contributed by atoms with Crippen LogP contribution in [0.2, 0.25) is 0 Å². The summed E-state index contributed by atoms with van der Waals surface area (Å²) in [5, 5.41) is 3.26. The SMILES string of the molecule is Cc1ncc2c(n1)CCCN2.Cl. The Morgan fingerprint density at radius 2 is 2.33 bits per heavy atom. The molecule has 12 heavy (non-hydrogen) atoms. The molecule has 1 aliphatic rings. The predicted octanol–water partition coefficient (Wildman–Crippen LogP) is 1.56. The van der Waals surface area contributed by atoms with Crippen LogP contribution >= 0.6 is 12.4 Å². The largest absolute Gasteiger partial charge is 0.382 e. The molecule has 1 aliphatic heterocycles. The fourth-order valence-electron chi connectivity index (χ4n) is 1.33. The molecule has 0 unspecified atom stereocenters. The van der Waals surface area contributed by atoms with Crippen molar-refractivity contribution in [2.45, 2.75) is 19.8 Å². The van der Waals surface area contributed by atoms with Gasteiger partial charge in [-0.3, -0.25) is 0 Å². The number of anilines is 1. The molecule has 0 saturated carbocycles. The Morgan fingerprint density at radius 3 is 3.17 bits per heavy atom. The molecular formula is C8H12ClN3. The highest BCUT2D eigenvalue weighted by atomic mass is 35.5. The summed E-state index contributed by atoms with van der Waals surface area (Å²) >= 11 is 0. The molecule has 0 aliphatic carbocycles. The summed E-state index contributed by atoms with van der Waals surface area (Å²) in [4.78, 5) is 8.46. The molecule has 0 amide bonds. The summed E-state index contributed by atoms with van der Waals surface area (Å²) in [7, 11) is 0. The van der Waals surface area contributed by atoms with Crippen molar-refractivity contribution < 1.29 is 0 Å². The third-order valence-electron chi connectivity index (χ3n) is 1.89. The summed E-state index contributed by atoms with van der Waals surface area (Å²) in [6.07, 6.45) is 4.14. The van der Waals surface area contributed by atoms with Crippen LogP contribution in [0.15, 0.2) is 6.20 Å². The lowest BCUT2D eigenvalue weighted by atomic mass is 10.1. The maximum absolute atomic E-state index is 4.34. The molecule has 1 aromatic rings. The second-order valence-electron chi connectivity index (χ2n) is 2.81. The minimum Gasteiger partial charge on any atom is -0.382 e. The fraction of sp³-hybridized carbons (Fsp3) is 0.500. The van der Waals surface area contributed by atoms with Gasteiger partial charge in [0.05, 0.1) is 17.6 Å². The number of hydrogen-bond acceptors (Lipinski definition) is 3. The molecule has 1 aromatic heterocycles. The smallest absolute Gasteiger partial charge is 0.125 e. The van der Waals surface area contributed by atoms with Gasteiger partial charge in [0, 0.05) is 6.54 Å². The standard InChI is InChI=1S/C8H11N3.ClH/c1-6-10-5-8-7(11-6)3-2-4-9-8;/h5,9H,2-4H2,1H3;1H. The number of rotatable bonds is 0.